The molecule has 2 aromatic heterocycles. The molecule has 0 saturated heterocycles. The summed E-state index contributed by atoms with van der Waals surface area (Å²) in [5.74, 6) is -0.182. The van der Waals surface area contributed by atoms with E-state index in [1.165, 1.54) is 4.68 Å². The number of nitrogens with one attached hydrogen (secondary N) is 1. The Morgan fingerprint density at radius 2 is 1.59 bits per heavy atom. The SMILES string of the molecule is Cc1cc(C)cc(NC(=O)c2c(N)n(/N=C\c3ccccc3C)c3nc4ccccc4nc23)c1. The number of benzene rings is 3. The fraction of sp³-hybridized carbons (Fsp3) is 0.111. The van der Waals surface area contributed by atoms with Crippen LogP contribution in [0.15, 0.2) is 71.8 Å². The monoisotopic (exact) mass is 448 g/mol. The molecule has 0 fully saturated rings. The topological polar surface area (TPSA) is 98.2 Å². The van der Waals surface area contributed by atoms with Gasteiger partial charge in [0, 0.05) is 5.69 Å². The Morgan fingerprint density at radius 3 is 2.29 bits per heavy atom. The van der Waals surface area contributed by atoms with E-state index in [2.05, 4.69) is 10.4 Å². The van der Waals surface area contributed by atoms with Crippen LogP contribution >= 0.6 is 0 Å². The van der Waals surface area contributed by atoms with Gasteiger partial charge >= 0.3 is 0 Å². The lowest BCUT2D eigenvalue weighted by Crippen LogP contribution is -2.14. The molecule has 3 N–H and O–H groups in total. The van der Waals surface area contributed by atoms with Gasteiger partial charge in [-0.1, -0.05) is 42.5 Å². The highest BCUT2D eigenvalue weighted by molar-refractivity contribution is 6.16. The standard InChI is InChI=1S/C27H24N6O/c1-16-12-17(2)14-20(13-16)30-27(34)23-24-26(32-22-11-7-6-10-21(22)31-24)33(25(23)28)29-15-19-9-5-4-8-18(19)3/h4-15H,28H2,1-3H3,(H,30,34)/b29-15-. The number of rotatable bonds is 4. The zero-order valence-electron chi connectivity index (χ0n) is 19.2. The van der Waals surface area contributed by atoms with Crippen LogP contribution in [0.5, 0.6) is 0 Å². The van der Waals surface area contributed by atoms with Gasteiger partial charge in [0.05, 0.1) is 17.2 Å². The molecule has 7 heteroatoms. The van der Waals surface area contributed by atoms with Crippen molar-refractivity contribution in [2.45, 2.75) is 20.8 Å². The van der Waals surface area contributed by atoms with Crippen molar-refractivity contribution in [1.29, 1.82) is 0 Å². The van der Waals surface area contributed by atoms with E-state index < -0.39 is 0 Å². The molecule has 0 aliphatic rings. The largest absolute Gasteiger partial charge is 0.383 e. The molecule has 0 aliphatic heterocycles. The minimum Gasteiger partial charge on any atom is -0.383 e. The average Bonchev–Trinajstić information content (AvgIpc) is 3.06. The van der Waals surface area contributed by atoms with Crippen LogP contribution in [-0.4, -0.2) is 26.8 Å². The minimum atomic E-state index is -0.359. The van der Waals surface area contributed by atoms with Crippen LogP contribution in [-0.2, 0) is 0 Å². The Morgan fingerprint density at radius 1 is 0.941 bits per heavy atom. The number of carbonyl (C=O) groups is 1. The zero-order valence-corrected chi connectivity index (χ0v) is 19.2. The van der Waals surface area contributed by atoms with Crippen LogP contribution in [0.3, 0.4) is 0 Å². The molecule has 0 unspecified atom stereocenters. The Balaban J connectivity index is 1.67. The third-order valence-electron chi connectivity index (χ3n) is 5.68. The number of fused-ring (bicyclic) bond motifs is 2. The maximum absolute atomic E-state index is 13.4. The number of anilines is 2. The van der Waals surface area contributed by atoms with E-state index in [1.54, 1.807) is 6.21 Å². The van der Waals surface area contributed by atoms with E-state index in [9.17, 15) is 4.79 Å². The summed E-state index contributed by atoms with van der Waals surface area (Å²) < 4.78 is 1.48. The van der Waals surface area contributed by atoms with E-state index in [1.807, 2.05) is 87.5 Å². The highest BCUT2D eigenvalue weighted by atomic mass is 16.1. The summed E-state index contributed by atoms with van der Waals surface area (Å²) >= 11 is 0. The van der Waals surface area contributed by atoms with Gasteiger partial charge in [-0.25, -0.2) is 9.97 Å². The summed E-state index contributed by atoms with van der Waals surface area (Å²) in [6.07, 6.45) is 1.72. The van der Waals surface area contributed by atoms with Gasteiger partial charge in [0.2, 0.25) is 0 Å². The number of nitrogens with zero attached hydrogens (tertiary/aromatic N) is 4. The van der Waals surface area contributed by atoms with E-state index in [0.29, 0.717) is 27.9 Å². The van der Waals surface area contributed by atoms with Gasteiger partial charge in [-0.2, -0.15) is 9.78 Å². The van der Waals surface area contributed by atoms with Crippen LogP contribution in [0.25, 0.3) is 22.2 Å². The minimum absolute atomic E-state index is 0.178. The lowest BCUT2D eigenvalue weighted by atomic mass is 10.1. The van der Waals surface area contributed by atoms with Gasteiger partial charge in [0.15, 0.2) is 5.65 Å². The maximum Gasteiger partial charge on any atom is 0.261 e. The predicted molar refractivity (Wildman–Crippen MR) is 137 cm³/mol. The smallest absolute Gasteiger partial charge is 0.261 e. The molecule has 0 spiro atoms. The first-order valence-electron chi connectivity index (χ1n) is 11.0. The van der Waals surface area contributed by atoms with Crippen LogP contribution < -0.4 is 11.1 Å². The second-order valence-corrected chi connectivity index (χ2v) is 8.39. The zero-order chi connectivity index (χ0) is 23.8. The summed E-state index contributed by atoms with van der Waals surface area (Å²) in [6.45, 7) is 5.98. The molecule has 168 valence electrons. The summed E-state index contributed by atoms with van der Waals surface area (Å²) in [5, 5.41) is 7.56. The number of aryl methyl sites for hydroxylation is 3. The quantitative estimate of drug-likeness (QED) is 0.368. The van der Waals surface area contributed by atoms with Crippen molar-refractivity contribution in [3.8, 4) is 0 Å². The Kier molecular flexibility index (Phi) is 5.30. The maximum atomic E-state index is 13.4. The summed E-state index contributed by atoms with van der Waals surface area (Å²) in [7, 11) is 0. The van der Waals surface area contributed by atoms with E-state index in [4.69, 9.17) is 15.7 Å². The van der Waals surface area contributed by atoms with Crippen molar-refractivity contribution in [3.63, 3.8) is 0 Å². The van der Waals surface area contributed by atoms with Gasteiger partial charge in [-0.05, 0) is 67.3 Å². The van der Waals surface area contributed by atoms with Gasteiger partial charge in [-0.15, -0.1) is 0 Å². The van der Waals surface area contributed by atoms with E-state index in [0.717, 1.165) is 22.3 Å². The van der Waals surface area contributed by atoms with Gasteiger partial charge in [0.25, 0.3) is 5.91 Å². The number of para-hydroxylation sites is 2. The number of nitrogen functional groups attached to an aromatic ring is 1. The molecule has 0 atom stereocenters. The summed E-state index contributed by atoms with van der Waals surface area (Å²) in [6, 6.07) is 21.3. The molecular weight excluding hydrogens is 424 g/mol. The summed E-state index contributed by atoms with van der Waals surface area (Å²) in [5.41, 5.74) is 13.8. The number of aromatic nitrogens is 3. The second kappa shape index (κ2) is 8.44. The van der Waals surface area contributed by atoms with Gasteiger partial charge < -0.3 is 11.1 Å². The van der Waals surface area contributed by atoms with Crippen LogP contribution in [0.1, 0.15) is 32.6 Å². The van der Waals surface area contributed by atoms with Gasteiger partial charge in [-0.3, -0.25) is 4.79 Å². The lowest BCUT2D eigenvalue weighted by Gasteiger charge is -2.08. The molecule has 2 heterocycles. The number of nitrogens with two attached hydrogens (primary N) is 1. The molecule has 5 rings (SSSR count). The molecule has 3 aromatic carbocycles. The molecule has 1 amide bonds. The third kappa shape index (κ3) is 3.88. The summed E-state index contributed by atoms with van der Waals surface area (Å²) in [4.78, 5) is 22.9. The fourth-order valence-corrected chi connectivity index (χ4v) is 4.08. The predicted octanol–water partition coefficient (Wildman–Crippen LogP) is 5.23. The van der Waals surface area contributed by atoms with E-state index >= 15 is 0 Å². The molecule has 0 bridgehead atoms. The van der Waals surface area contributed by atoms with Crippen molar-refractivity contribution in [1.82, 2.24) is 14.6 Å². The number of hydrogen-bond acceptors (Lipinski definition) is 5. The molecular formula is C27H24N6O. The molecule has 0 radical (unpaired) electrons. The van der Waals surface area contributed by atoms with Crippen LogP contribution in [0, 0.1) is 20.8 Å². The van der Waals surface area contributed by atoms with Gasteiger partial charge in [0.1, 0.15) is 16.9 Å². The molecule has 5 aromatic rings. The Bertz CT molecular complexity index is 1580. The van der Waals surface area contributed by atoms with Crippen molar-refractivity contribution in [2.24, 2.45) is 5.10 Å². The Labute approximate surface area is 197 Å². The molecule has 0 aliphatic carbocycles. The van der Waals surface area contributed by atoms with E-state index in [-0.39, 0.29) is 17.3 Å². The second-order valence-electron chi connectivity index (χ2n) is 8.39. The first-order chi connectivity index (χ1) is 16.4. The molecule has 34 heavy (non-hydrogen) atoms. The fourth-order valence-electron chi connectivity index (χ4n) is 4.08. The highest BCUT2D eigenvalue weighted by Crippen LogP contribution is 2.29. The number of carbonyl (C=O) groups excluding carboxylic acids is 1. The number of amides is 1. The first kappa shape index (κ1) is 21.3. The van der Waals surface area contributed by atoms with Crippen molar-refractivity contribution in [3.05, 3.63) is 94.5 Å². The Hall–Kier alpha value is -4.52. The molecule has 7 nitrogen and oxygen atoms in total. The average molecular weight is 449 g/mol. The van der Waals surface area contributed by atoms with Crippen molar-refractivity contribution < 1.29 is 4.79 Å². The van der Waals surface area contributed by atoms with Crippen molar-refractivity contribution >= 4 is 45.8 Å². The normalized spacial score (nSPS) is 11.5. The van der Waals surface area contributed by atoms with Crippen LogP contribution in [0.2, 0.25) is 0 Å². The first-order valence-corrected chi connectivity index (χ1v) is 11.0. The third-order valence-corrected chi connectivity index (χ3v) is 5.68. The number of hydrogen-bond donors (Lipinski definition) is 2. The van der Waals surface area contributed by atoms with Crippen molar-refractivity contribution in [2.75, 3.05) is 11.1 Å². The molecule has 0 saturated carbocycles. The van der Waals surface area contributed by atoms with Crippen LogP contribution in [0.4, 0.5) is 11.5 Å². The highest BCUT2D eigenvalue weighted by Gasteiger charge is 2.24. The lowest BCUT2D eigenvalue weighted by molar-refractivity contribution is 0.102.